The third kappa shape index (κ3) is 3.96. The highest BCUT2D eigenvalue weighted by Crippen LogP contribution is 2.22. The zero-order chi connectivity index (χ0) is 13.8. The zero-order valence-electron chi connectivity index (χ0n) is 10.5. The SMILES string of the molecule is COc1ccc(Br)cc1C(=O)NCC(=O)NC1CC1. The lowest BCUT2D eigenvalue weighted by molar-refractivity contribution is -0.120. The molecular formula is C13H15BrN2O3. The number of amides is 2. The Balaban J connectivity index is 1.94. The van der Waals surface area contributed by atoms with E-state index in [1.54, 1.807) is 18.2 Å². The normalized spacial score (nSPS) is 13.8. The summed E-state index contributed by atoms with van der Waals surface area (Å²) >= 11 is 3.30. The molecule has 6 heteroatoms. The van der Waals surface area contributed by atoms with Gasteiger partial charge in [0, 0.05) is 10.5 Å². The van der Waals surface area contributed by atoms with E-state index in [1.165, 1.54) is 7.11 Å². The van der Waals surface area contributed by atoms with Crippen LogP contribution in [0.5, 0.6) is 5.75 Å². The van der Waals surface area contributed by atoms with Crippen LogP contribution in [0.25, 0.3) is 0 Å². The third-order valence-electron chi connectivity index (χ3n) is 2.76. The van der Waals surface area contributed by atoms with E-state index in [-0.39, 0.29) is 18.4 Å². The number of hydrogen-bond donors (Lipinski definition) is 2. The van der Waals surface area contributed by atoms with Crippen LogP contribution in [0.1, 0.15) is 23.2 Å². The molecule has 0 spiro atoms. The van der Waals surface area contributed by atoms with Crippen molar-refractivity contribution in [2.75, 3.05) is 13.7 Å². The average Bonchev–Trinajstić information content (AvgIpc) is 3.19. The number of benzene rings is 1. The second-order valence-corrected chi connectivity index (χ2v) is 5.28. The van der Waals surface area contributed by atoms with Crippen molar-refractivity contribution in [3.8, 4) is 5.75 Å². The summed E-state index contributed by atoms with van der Waals surface area (Å²) in [5.74, 6) is -0.0165. The minimum atomic E-state index is -0.330. The average molecular weight is 327 g/mol. The van der Waals surface area contributed by atoms with Gasteiger partial charge in [0.1, 0.15) is 5.75 Å². The van der Waals surface area contributed by atoms with Gasteiger partial charge in [-0.2, -0.15) is 0 Å². The van der Waals surface area contributed by atoms with Crippen LogP contribution >= 0.6 is 15.9 Å². The molecular weight excluding hydrogens is 312 g/mol. The van der Waals surface area contributed by atoms with E-state index in [1.807, 2.05) is 0 Å². The molecule has 19 heavy (non-hydrogen) atoms. The summed E-state index contributed by atoms with van der Waals surface area (Å²) in [4.78, 5) is 23.5. The molecule has 1 saturated carbocycles. The summed E-state index contributed by atoms with van der Waals surface area (Å²) in [6.07, 6.45) is 2.05. The van der Waals surface area contributed by atoms with Crippen LogP contribution < -0.4 is 15.4 Å². The van der Waals surface area contributed by atoms with Crippen LogP contribution in [-0.2, 0) is 4.79 Å². The van der Waals surface area contributed by atoms with Crippen molar-refractivity contribution in [2.24, 2.45) is 0 Å². The van der Waals surface area contributed by atoms with E-state index < -0.39 is 0 Å². The molecule has 1 aromatic carbocycles. The van der Waals surface area contributed by atoms with Crippen molar-refractivity contribution < 1.29 is 14.3 Å². The molecule has 0 unspecified atom stereocenters. The van der Waals surface area contributed by atoms with E-state index in [2.05, 4.69) is 26.6 Å². The minimum Gasteiger partial charge on any atom is -0.496 e. The molecule has 0 atom stereocenters. The largest absolute Gasteiger partial charge is 0.496 e. The molecule has 102 valence electrons. The summed E-state index contributed by atoms with van der Waals surface area (Å²) < 4.78 is 5.90. The number of hydrogen-bond acceptors (Lipinski definition) is 3. The first kappa shape index (κ1) is 13.9. The highest BCUT2D eigenvalue weighted by atomic mass is 79.9. The number of carbonyl (C=O) groups is 2. The predicted molar refractivity (Wildman–Crippen MR) is 74.2 cm³/mol. The van der Waals surface area contributed by atoms with Crippen molar-refractivity contribution in [1.82, 2.24) is 10.6 Å². The summed E-state index contributed by atoms with van der Waals surface area (Å²) in [5, 5.41) is 5.39. The van der Waals surface area contributed by atoms with Gasteiger partial charge in [0.25, 0.3) is 5.91 Å². The van der Waals surface area contributed by atoms with Gasteiger partial charge in [-0.1, -0.05) is 15.9 Å². The molecule has 2 amide bonds. The lowest BCUT2D eigenvalue weighted by atomic mass is 10.2. The first-order chi connectivity index (χ1) is 9.10. The molecule has 2 rings (SSSR count). The molecule has 0 heterocycles. The van der Waals surface area contributed by atoms with Crippen LogP contribution in [0.2, 0.25) is 0 Å². The smallest absolute Gasteiger partial charge is 0.255 e. The van der Waals surface area contributed by atoms with Gasteiger partial charge in [0.2, 0.25) is 5.91 Å². The second-order valence-electron chi connectivity index (χ2n) is 4.37. The molecule has 0 aromatic heterocycles. The highest BCUT2D eigenvalue weighted by molar-refractivity contribution is 9.10. The summed E-state index contributed by atoms with van der Waals surface area (Å²) in [6, 6.07) is 5.44. The molecule has 0 aliphatic heterocycles. The third-order valence-corrected chi connectivity index (χ3v) is 3.25. The fraction of sp³-hybridized carbons (Fsp3) is 0.385. The Morgan fingerprint density at radius 1 is 1.42 bits per heavy atom. The van der Waals surface area contributed by atoms with Gasteiger partial charge in [-0.05, 0) is 31.0 Å². The van der Waals surface area contributed by atoms with Gasteiger partial charge < -0.3 is 15.4 Å². The van der Waals surface area contributed by atoms with Crippen molar-refractivity contribution in [3.63, 3.8) is 0 Å². The molecule has 1 aliphatic rings. The maximum atomic E-state index is 12.0. The second kappa shape index (κ2) is 6.06. The summed E-state index contributed by atoms with van der Waals surface area (Å²) in [6.45, 7) is -0.0228. The van der Waals surface area contributed by atoms with Crippen molar-refractivity contribution in [1.29, 1.82) is 0 Å². The molecule has 0 bridgehead atoms. The first-order valence-corrected chi connectivity index (χ1v) is 6.80. The van der Waals surface area contributed by atoms with E-state index in [4.69, 9.17) is 4.74 Å². The number of methoxy groups -OCH3 is 1. The highest BCUT2D eigenvalue weighted by Gasteiger charge is 2.23. The van der Waals surface area contributed by atoms with Gasteiger partial charge >= 0.3 is 0 Å². The maximum absolute atomic E-state index is 12.0. The molecule has 5 nitrogen and oxygen atoms in total. The Hall–Kier alpha value is -1.56. The van der Waals surface area contributed by atoms with E-state index in [0.29, 0.717) is 17.4 Å². The first-order valence-electron chi connectivity index (χ1n) is 6.01. The van der Waals surface area contributed by atoms with Crippen LogP contribution in [-0.4, -0.2) is 31.5 Å². The fourth-order valence-electron chi connectivity index (χ4n) is 1.62. The molecule has 1 aromatic rings. The van der Waals surface area contributed by atoms with Gasteiger partial charge in [-0.25, -0.2) is 0 Å². The van der Waals surface area contributed by atoms with Gasteiger partial charge in [-0.15, -0.1) is 0 Å². The van der Waals surface area contributed by atoms with Crippen molar-refractivity contribution in [3.05, 3.63) is 28.2 Å². The standard InChI is InChI=1S/C13H15BrN2O3/c1-19-11-5-2-8(14)6-10(11)13(18)15-7-12(17)16-9-3-4-9/h2,5-6,9H,3-4,7H2,1H3,(H,15,18)(H,16,17). The number of ether oxygens (including phenoxy) is 1. The maximum Gasteiger partial charge on any atom is 0.255 e. The fourth-order valence-corrected chi connectivity index (χ4v) is 1.98. The van der Waals surface area contributed by atoms with E-state index in [9.17, 15) is 9.59 Å². The Labute approximate surface area is 119 Å². The van der Waals surface area contributed by atoms with Crippen LogP contribution in [0, 0.1) is 0 Å². The molecule has 0 radical (unpaired) electrons. The number of nitrogens with one attached hydrogen (secondary N) is 2. The molecule has 1 fully saturated rings. The molecule has 1 aliphatic carbocycles. The number of carbonyl (C=O) groups excluding carboxylic acids is 2. The Morgan fingerprint density at radius 3 is 2.79 bits per heavy atom. The Morgan fingerprint density at radius 2 is 2.16 bits per heavy atom. The van der Waals surface area contributed by atoms with Crippen molar-refractivity contribution in [2.45, 2.75) is 18.9 Å². The van der Waals surface area contributed by atoms with Gasteiger partial charge in [-0.3, -0.25) is 9.59 Å². The summed E-state index contributed by atoms with van der Waals surface area (Å²) in [7, 11) is 1.50. The van der Waals surface area contributed by atoms with Crippen LogP contribution in [0.15, 0.2) is 22.7 Å². The minimum absolute atomic E-state index is 0.0228. The Kier molecular flexibility index (Phi) is 4.42. The zero-order valence-corrected chi connectivity index (χ0v) is 12.1. The molecule has 2 N–H and O–H groups in total. The quantitative estimate of drug-likeness (QED) is 0.861. The number of rotatable bonds is 5. The lowest BCUT2D eigenvalue weighted by Crippen LogP contribution is -2.37. The van der Waals surface area contributed by atoms with E-state index >= 15 is 0 Å². The van der Waals surface area contributed by atoms with Crippen LogP contribution in [0.4, 0.5) is 0 Å². The topological polar surface area (TPSA) is 67.4 Å². The van der Waals surface area contributed by atoms with Crippen molar-refractivity contribution >= 4 is 27.7 Å². The van der Waals surface area contributed by atoms with Gasteiger partial charge in [0.15, 0.2) is 0 Å². The Bertz CT molecular complexity index is 501. The monoisotopic (exact) mass is 326 g/mol. The summed E-state index contributed by atoms with van der Waals surface area (Å²) in [5.41, 5.74) is 0.399. The van der Waals surface area contributed by atoms with E-state index in [0.717, 1.165) is 17.3 Å². The van der Waals surface area contributed by atoms with Crippen LogP contribution in [0.3, 0.4) is 0 Å². The van der Waals surface area contributed by atoms with Gasteiger partial charge in [0.05, 0.1) is 19.2 Å². The predicted octanol–water partition coefficient (Wildman–Crippen LogP) is 1.47. The number of halogens is 1. The lowest BCUT2D eigenvalue weighted by Gasteiger charge is -2.09. The molecule has 0 saturated heterocycles.